The zero-order valence-corrected chi connectivity index (χ0v) is 17.1. The van der Waals surface area contributed by atoms with Crippen LogP contribution in [0.5, 0.6) is 5.75 Å². The Bertz CT molecular complexity index is 1000. The van der Waals surface area contributed by atoms with Gasteiger partial charge < -0.3 is 10.1 Å². The van der Waals surface area contributed by atoms with Crippen LogP contribution in [0, 0.1) is 0 Å². The number of hydrogen-bond donors (Lipinski definition) is 1. The normalized spacial score (nSPS) is 11.7. The molecule has 150 valence electrons. The number of ether oxygens (including phenoxy) is 1. The second-order valence-corrected chi connectivity index (χ2v) is 7.49. The van der Waals surface area contributed by atoms with Crippen molar-refractivity contribution in [1.82, 2.24) is 20.2 Å². The molecule has 1 atom stereocenters. The number of thioether (sulfide) groups is 1. The fourth-order valence-electron chi connectivity index (χ4n) is 2.54. The predicted octanol–water partition coefficient (Wildman–Crippen LogP) is 3.38. The first kappa shape index (κ1) is 20.5. The quantitative estimate of drug-likeness (QED) is 0.448. The SMILES string of the molecule is CCOc1ccc(-n2nnnc2SC(C)C(=O)Nc2cccc(C(C)=O)c2)cc1. The molecule has 1 heterocycles. The number of nitrogens with one attached hydrogen (secondary N) is 1. The van der Waals surface area contributed by atoms with Crippen LogP contribution in [0.4, 0.5) is 5.69 Å². The third-order valence-electron chi connectivity index (χ3n) is 4.02. The van der Waals surface area contributed by atoms with Gasteiger partial charge in [0.05, 0.1) is 17.5 Å². The highest BCUT2D eigenvalue weighted by Gasteiger charge is 2.19. The molecule has 1 N–H and O–H groups in total. The van der Waals surface area contributed by atoms with Crippen molar-refractivity contribution in [3.05, 3.63) is 54.1 Å². The molecule has 9 heteroatoms. The van der Waals surface area contributed by atoms with Gasteiger partial charge in [0.2, 0.25) is 11.1 Å². The lowest BCUT2D eigenvalue weighted by atomic mass is 10.1. The van der Waals surface area contributed by atoms with Gasteiger partial charge in [-0.1, -0.05) is 23.9 Å². The molecular weight excluding hydrogens is 390 g/mol. The topological polar surface area (TPSA) is 99.0 Å². The summed E-state index contributed by atoms with van der Waals surface area (Å²) in [6.07, 6.45) is 0. The maximum absolute atomic E-state index is 12.6. The second kappa shape index (κ2) is 9.33. The zero-order valence-electron chi connectivity index (χ0n) is 16.3. The highest BCUT2D eigenvalue weighted by Crippen LogP contribution is 2.25. The van der Waals surface area contributed by atoms with Crippen molar-refractivity contribution >= 4 is 29.1 Å². The van der Waals surface area contributed by atoms with E-state index < -0.39 is 5.25 Å². The summed E-state index contributed by atoms with van der Waals surface area (Å²) in [5, 5.41) is 14.6. The van der Waals surface area contributed by atoms with Crippen LogP contribution in [0.25, 0.3) is 5.69 Å². The molecule has 29 heavy (non-hydrogen) atoms. The van der Waals surface area contributed by atoms with Gasteiger partial charge in [-0.15, -0.1) is 5.10 Å². The standard InChI is InChI=1S/C20H21N5O3S/c1-4-28-18-10-8-17(9-11-18)25-20(22-23-24-25)29-14(3)19(27)21-16-7-5-6-15(12-16)13(2)26/h5-12,14H,4H2,1-3H3,(H,21,27). The lowest BCUT2D eigenvalue weighted by Gasteiger charge is -2.12. The van der Waals surface area contributed by atoms with E-state index in [0.29, 0.717) is 23.0 Å². The summed E-state index contributed by atoms with van der Waals surface area (Å²) in [4.78, 5) is 24.1. The monoisotopic (exact) mass is 411 g/mol. The minimum absolute atomic E-state index is 0.0574. The Balaban J connectivity index is 1.69. The van der Waals surface area contributed by atoms with Crippen molar-refractivity contribution in [2.24, 2.45) is 0 Å². The molecule has 0 aliphatic rings. The van der Waals surface area contributed by atoms with Gasteiger partial charge in [-0.25, -0.2) is 0 Å². The van der Waals surface area contributed by atoms with Crippen molar-refractivity contribution in [3.8, 4) is 11.4 Å². The number of Topliss-reactive ketones (excluding diaryl/α,β-unsaturated/α-hetero) is 1. The van der Waals surface area contributed by atoms with Gasteiger partial charge in [0.25, 0.3) is 0 Å². The molecule has 0 saturated carbocycles. The summed E-state index contributed by atoms with van der Waals surface area (Å²) in [7, 11) is 0. The smallest absolute Gasteiger partial charge is 0.237 e. The van der Waals surface area contributed by atoms with Crippen molar-refractivity contribution in [3.63, 3.8) is 0 Å². The molecular formula is C20H21N5O3S. The number of amides is 1. The molecule has 1 unspecified atom stereocenters. The van der Waals surface area contributed by atoms with Crippen LogP contribution >= 0.6 is 11.8 Å². The number of tetrazole rings is 1. The zero-order chi connectivity index (χ0) is 20.8. The molecule has 3 aromatic rings. The molecule has 2 aromatic carbocycles. The minimum Gasteiger partial charge on any atom is -0.494 e. The van der Waals surface area contributed by atoms with E-state index in [0.717, 1.165) is 11.4 Å². The van der Waals surface area contributed by atoms with Crippen molar-refractivity contribution in [2.75, 3.05) is 11.9 Å². The first-order chi connectivity index (χ1) is 14.0. The van der Waals surface area contributed by atoms with Crippen molar-refractivity contribution < 1.29 is 14.3 Å². The molecule has 0 spiro atoms. The maximum Gasteiger partial charge on any atom is 0.237 e. The number of carbonyl (C=O) groups is 2. The average Bonchev–Trinajstić information content (AvgIpc) is 3.17. The number of ketones is 1. The summed E-state index contributed by atoms with van der Waals surface area (Å²) < 4.78 is 7.01. The predicted molar refractivity (Wildman–Crippen MR) is 111 cm³/mol. The van der Waals surface area contributed by atoms with E-state index in [9.17, 15) is 9.59 Å². The van der Waals surface area contributed by atoms with E-state index in [1.54, 1.807) is 35.9 Å². The number of anilines is 1. The third-order valence-corrected chi connectivity index (χ3v) is 5.05. The van der Waals surface area contributed by atoms with Crippen LogP contribution in [0.15, 0.2) is 53.7 Å². The first-order valence-electron chi connectivity index (χ1n) is 9.08. The average molecular weight is 411 g/mol. The van der Waals surface area contributed by atoms with Gasteiger partial charge in [0.1, 0.15) is 5.75 Å². The Morgan fingerprint density at radius 2 is 1.97 bits per heavy atom. The van der Waals surface area contributed by atoms with E-state index in [-0.39, 0.29) is 11.7 Å². The Morgan fingerprint density at radius 1 is 1.21 bits per heavy atom. The van der Waals surface area contributed by atoms with Gasteiger partial charge in [0.15, 0.2) is 5.78 Å². The number of benzene rings is 2. The van der Waals surface area contributed by atoms with Gasteiger partial charge in [-0.2, -0.15) is 4.68 Å². The van der Waals surface area contributed by atoms with Crippen LogP contribution < -0.4 is 10.1 Å². The lowest BCUT2D eigenvalue weighted by Crippen LogP contribution is -2.23. The van der Waals surface area contributed by atoms with Crippen molar-refractivity contribution in [2.45, 2.75) is 31.2 Å². The largest absolute Gasteiger partial charge is 0.494 e. The fraction of sp³-hybridized carbons (Fsp3) is 0.250. The van der Waals surface area contributed by atoms with Gasteiger partial charge in [0, 0.05) is 11.3 Å². The van der Waals surface area contributed by atoms with Gasteiger partial charge in [-0.05, 0) is 67.6 Å². The highest BCUT2D eigenvalue weighted by atomic mass is 32.2. The second-order valence-electron chi connectivity index (χ2n) is 6.19. The first-order valence-corrected chi connectivity index (χ1v) is 9.96. The summed E-state index contributed by atoms with van der Waals surface area (Å²) in [6.45, 7) is 5.77. The molecule has 0 aliphatic carbocycles. The molecule has 1 amide bonds. The Labute approximate surface area is 172 Å². The van der Waals surface area contributed by atoms with Gasteiger partial charge in [-0.3, -0.25) is 9.59 Å². The van der Waals surface area contributed by atoms with Crippen LogP contribution in [0.2, 0.25) is 0 Å². The molecule has 0 radical (unpaired) electrons. The summed E-state index contributed by atoms with van der Waals surface area (Å²) >= 11 is 1.24. The molecule has 8 nitrogen and oxygen atoms in total. The third kappa shape index (κ3) is 5.20. The van der Waals surface area contributed by atoms with Crippen LogP contribution in [-0.2, 0) is 4.79 Å². The van der Waals surface area contributed by atoms with Crippen molar-refractivity contribution in [1.29, 1.82) is 0 Å². The maximum atomic E-state index is 12.6. The fourth-order valence-corrected chi connectivity index (χ4v) is 3.34. The van der Waals surface area contributed by atoms with E-state index in [1.807, 2.05) is 31.2 Å². The van der Waals surface area contributed by atoms with Crippen LogP contribution in [0.1, 0.15) is 31.1 Å². The molecule has 0 bridgehead atoms. The van der Waals surface area contributed by atoms with E-state index >= 15 is 0 Å². The number of hydrogen-bond acceptors (Lipinski definition) is 7. The molecule has 0 saturated heterocycles. The minimum atomic E-state index is -0.455. The molecule has 0 fully saturated rings. The Kier molecular flexibility index (Phi) is 6.61. The van der Waals surface area contributed by atoms with E-state index in [4.69, 9.17) is 4.74 Å². The van der Waals surface area contributed by atoms with Crippen LogP contribution in [0.3, 0.4) is 0 Å². The highest BCUT2D eigenvalue weighted by molar-refractivity contribution is 8.00. The molecule has 1 aromatic heterocycles. The van der Waals surface area contributed by atoms with E-state index in [1.165, 1.54) is 18.7 Å². The molecule has 3 rings (SSSR count). The number of rotatable bonds is 8. The lowest BCUT2D eigenvalue weighted by molar-refractivity contribution is -0.115. The van der Waals surface area contributed by atoms with Crippen LogP contribution in [-0.4, -0.2) is 43.8 Å². The van der Waals surface area contributed by atoms with E-state index in [2.05, 4.69) is 20.8 Å². The summed E-state index contributed by atoms with van der Waals surface area (Å²) in [6, 6.07) is 14.2. The Hall–Kier alpha value is -3.20. The van der Waals surface area contributed by atoms with Gasteiger partial charge >= 0.3 is 0 Å². The number of nitrogens with zero attached hydrogens (tertiary/aromatic N) is 4. The summed E-state index contributed by atoms with van der Waals surface area (Å²) in [5.74, 6) is 0.495. The number of aromatic nitrogens is 4. The Morgan fingerprint density at radius 3 is 2.66 bits per heavy atom. The molecule has 0 aliphatic heterocycles. The number of carbonyl (C=O) groups excluding carboxylic acids is 2. The summed E-state index contributed by atoms with van der Waals surface area (Å²) in [5.41, 5.74) is 1.88.